The van der Waals surface area contributed by atoms with Gasteiger partial charge in [-0.3, -0.25) is 0 Å². The molecule has 1 rings (SSSR count). The number of rotatable bonds is 3. The molecule has 1 aliphatic rings. The fraction of sp³-hybridized carbons (Fsp3) is 0.941. The van der Waals surface area contributed by atoms with Crippen LogP contribution in [-0.2, 0) is 9.16 Å². The zero-order chi connectivity index (χ0) is 18.1. The number of hydrogen-bond donors (Lipinski definition) is 1. The predicted molar refractivity (Wildman–Crippen MR) is 95.1 cm³/mol. The molecule has 1 N–H and O–H groups in total. The molecule has 0 aliphatic carbocycles. The van der Waals surface area contributed by atoms with Crippen LogP contribution >= 0.6 is 0 Å². The minimum absolute atomic E-state index is 0.0196. The monoisotopic (exact) mass is 345 g/mol. The molecular weight excluding hydrogens is 310 g/mol. The third-order valence-electron chi connectivity index (χ3n) is 4.77. The predicted octanol–water partition coefficient (Wildman–Crippen LogP) is 3.77. The van der Waals surface area contributed by atoms with Crippen molar-refractivity contribution in [2.24, 2.45) is 0 Å². The Bertz CT molecular complexity index is 412. The second kappa shape index (κ2) is 7.11. The van der Waals surface area contributed by atoms with E-state index in [1.54, 1.807) is 4.90 Å². The quantitative estimate of drug-likeness (QED) is 0.791. The SMILES string of the molecule is CC(C)(C)OC(=O)N1C[C@@H](O[Si](C)(C)C(C)(C)C)CC[C@H]1CO. The molecule has 1 fully saturated rings. The van der Waals surface area contributed by atoms with Gasteiger partial charge in [-0.2, -0.15) is 0 Å². The van der Waals surface area contributed by atoms with E-state index in [1.807, 2.05) is 20.8 Å². The summed E-state index contributed by atoms with van der Waals surface area (Å²) in [6.45, 7) is 17.1. The number of aliphatic hydroxyl groups excluding tert-OH is 1. The highest BCUT2D eigenvalue weighted by molar-refractivity contribution is 6.74. The van der Waals surface area contributed by atoms with Gasteiger partial charge in [-0.1, -0.05) is 20.8 Å². The molecule has 5 nitrogen and oxygen atoms in total. The van der Waals surface area contributed by atoms with Gasteiger partial charge in [-0.05, 0) is 51.7 Å². The van der Waals surface area contributed by atoms with Crippen LogP contribution in [0, 0.1) is 0 Å². The van der Waals surface area contributed by atoms with Crippen LogP contribution in [0.15, 0.2) is 0 Å². The highest BCUT2D eigenvalue weighted by Crippen LogP contribution is 2.38. The first-order valence-corrected chi connectivity index (χ1v) is 11.5. The van der Waals surface area contributed by atoms with Crippen LogP contribution in [0.25, 0.3) is 0 Å². The number of ether oxygens (including phenoxy) is 1. The number of nitrogens with zero attached hydrogens (tertiary/aromatic N) is 1. The number of carbonyl (C=O) groups excluding carboxylic acids is 1. The van der Waals surface area contributed by atoms with Crippen molar-refractivity contribution in [2.45, 2.75) is 90.3 Å². The second-order valence-electron chi connectivity index (χ2n) is 9.05. The minimum atomic E-state index is -1.88. The Hall–Kier alpha value is -0.593. The van der Waals surface area contributed by atoms with Gasteiger partial charge in [-0.25, -0.2) is 4.79 Å². The summed E-state index contributed by atoms with van der Waals surface area (Å²) in [6.07, 6.45) is 1.28. The van der Waals surface area contributed by atoms with Crippen molar-refractivity contribution >= 4 is 14.4 Å². The van der Waals surface area contributed by atoms with E-state index in [0.29, 0.717) is 6.54 Å². The number of carbonyl (C=O) groups is 1. The van der Waals surface area contributed by atoms with E-state index in [0.717, 1.165) is 12.8 Å². The summed E-state index contributed by atoms with van der Waals surface area (Å²) in [5.74, 6) is 0. The van der Waals surface area contributed by atoms with Crippen molar-refractivity contribution in [3.63, 3.8) is 0 Å². The van der Waals surface area contributed by atoms with E-state index in [4.69, 9.17) is 9.16 Å². The molecule has 2 atom stereocenters. The standard InChI is InChI=1S/C17H35NO4Si/c1-16(2,3)21-15(20)18-11-14(10-9-13(18)12-19)22-23(7,8)17(4,5)6/h13-14,19H,9-12H2,1-8H3/t13-,14-/m0/s1. The van der Waals surface area contributed by atoms with Crippen molar-refractivity contribution in [3.05, 3.63) is 0 Å². The molecule has 1 aliphatic heterocycles. The van der Waals surface area contributed by atoms with Crippen molar-refractivity contribution < 1.29 is 19.1 Å². The molecule has 0 aromatic rings. The fourth-order valence-corrected chi connectivity index (χ4v) is 3.80. The summed E-state index contributed by atoms with van der Waals surface area (Å²) in [4.78, 5) is 14.1. The van der Waals surface area contributed by atoms with E-state index >= 15 is 0 Å². The van der Waals surface area contributed by atoms with Crippen molar-refractivity contribution in [1.82, 2.24) is 4.90 Å². The van der Waals surface area contributed by atoms with E-state index < -0.39 is 13.9 Å². The van der Waals surface area contributed by atoms with Gasteiger partial charge in [0.05, 0.1) is 18.8 Å². The summed E-state index contributed by atoms with van der Waals surface area (Å²) in [5, 5.41) is 9.71. The minimum Gasteiger partial charge on any atom is -0.444 e. The Labute approximate surface area is 142 Å². The maximum Gasteiger partial charge on any atom is 0.410 e. The molecule has 136 valence electrons. The van der Waals surface area contributed by atoms with Crippen LogP contribution in [0.3, 0.4) is 0 Å². The average molecular weight is 346 g/mol. The fourth-order valence-electron chi connectivity index (χ4n) is 2.42. The molecule has 0 spiro atoms. The van der Waals surface area contributed by atoms with Gasteiger partial charge in [0.2, 0.25) is 0 Å². The normalized spacial score (nSPS) is 23.8. The summed E-state index contributed by atoms with van der Waals surface area (Å²) in [5.41, 5.74) is -0.537. The van der Waals surface area contributed by atoms with E-state index in [2.05, 4.69) is 33.9 Å². The smallest absolute Gasteiger partial charge is 0.410 e. The molecule has 6 heteroatoms. The third-order valence-corrected chi connectivity index (χ3v) is 9.30. The van der Waals surface area contributed by atoms with Gasteiger partial charge in [0.1, 0.15) is 5.60 Å². The van der Waals surface area contributed by atoms with E-state index in [-0.39, 0.29) is 29.9 Å². The summed E-state index contributed by atoms with van der Waals surface area (Å²) in [7, 11) is -1.88. The van der Waals surface area contributed by atoms with Gasteiger partial charge < -0.3 is 19.2 Å². The summed E-state index contributed by atoms with van der Waals surface area (Å²) in [6, 6.07) is -0.177. The van der Waals surface area contributed by atoms with Crippen molar-refractivity contribution in [3.8, 4) is 0 Å². The molecule has 0 bridgehead atoms. The number of hydrogen-bond acceptors (Lipinski definition) is 4. The Morgan fingerprint density at radius 2 is 1.74 bits per heavy atom. The van der Waals surface area contributed by atoms with Crippen LogP contribution in [0.2, 0.25) is 18.1 Å². The zero-order valence-corrected chi connectivity index (χ0v) is 17.1. The zero-order valence-electron chi connectivity index (χ0n) is 16.1. The van der Waals surface area contributed by atoms with Crippen LogP contribution in [-0.4, -0.2) is 55.3 Å². The van der Waals surface area contributed by atoms with Crippen LogP contribution in [0.5, 0.6) is 0 Å². The molecule has 1 saturated heterocycles. The van der Waals surface area contributed by atoms with Gasteiger partial charge in [-0.15, -0.1) is 0 Å². The molecule has 23 heavy (non-hydrogen) atoms. The molecule has 0 unspecified atom stereocenters. The van der Waals surface area contributed by atoms with Crippen molar-refractivity contribution in [2.75, 3.05) is 13.2 Å². The van der Waals surface area contributed by atoms with Crippen LogP contribution in [0.1, 0.15) is 54.4 Å². The first-order chi connectivity index (χ1) is 10.3. The Morgan fingerprint density at radius 1 is 1.17 bits per heavy atom. The Morgan fingerprint density at radius 3 is 2.17 bits per heavy atom. The molecule has 0 saturated carbocycles. The molecule has 0 radical (unpaired) electrons. The first kappa shape index (κ1) is 20.5. The molecule has 0 aromatic heterocycles. The molecular formula is C17H35NO4Si. The lowest BCUT2D eigenvalue weighted by Crippen LogP contribution is -2.55. The van der Waals surface area contributed by atoms with Gasteiger partial charge in [0, 0.05) is 6.54 Å². The maximum absolute atomic E-state index is 12.4. The lowest BCUT2D eigenvalue weighted by molar-refractivity contribution is -0.0198. The van der Waals surface area contributed by atoms with Crippen LogP contribution in [0.4, 0.5) is 4.79 Å². The van der Waals surface area contributed by atoms with Gasteiger partial charge in [0.15, 0.2) is 8.32 Å². The highest BCUT2D eigenvalue weighted by atomic mass is 28.4. The number of aliphatic hydroxyl groups is 1. The molecule has 0 aromatic carbocycles. The van der Waals surface area contributed by atoms with E-state index in [1.165, 1.54) is 0 Å². The second-order valence-corrected chi connectivity index (χ2v) is 13.8. The first-order valence-electron chi connectivity index (χ1n) is 8.55. The summed E-state index contributed by atoms with van der Waals surface area (Å²) < 4.78 is 11.9. The lowest BCUT2D eigenvalue weighted by Gasteiger charge is -2.44. The Balaban J connectivity index is 2.80. The third kappa shape index (κ3) is 5.76. The van der Waals surface area contributed by atoms with Crippen LogP contribution < -0.4 is 0 Å². The number of piperidine rings is 1. The number of amides is 1. The lowest BCUT2D eigenvalue weighted by atomic mass is 10.0. The number of likely N-dealkylation sites (tertiary alicyclic amines) is 1. The van der Waals surface area contributed by atoms with E-state index in [9.17, 15) is 9.90 Å². The average Bonchev–Trinajstić information content (AvgIpc) is 2.34. The maximum atomic E-state index is 12.4. The topological polar surface area (TPSA) is 59.0 Å². The highest BCUT2D eigenvalue weighted by Gasteiger charge is 2.42. The van der Waals surface area contributed by atoms with Gasteiger partial charge in [0.25, 0.3) is 0 Å². The molecule has 1 amide bonds. The van der Waals surface area contributed by atoms with Gasteiger partial charge >= 0.3 is 6.09 Å². The summed E-state index contributed by atoms with van der Waals surface area (Å²) >= 11 is 0. The molecule has 1 heterocycles. The van der Waals surface area contributed by atoms with Crippen molar-refractivity contribution in [1.29, 1.82) is 0 Å². The largest absolute Gasteiger partial charge is 0.444 e. The Kier molecular flexibility index (Phi) is 6.32.